The molecule has 3 aliphatic rings. The van der Waals surface area contributed by atoms with Gasteiger partial charge in [-0.2, -0.15) is 0 Å². The molecule has 2 aromatic carbocycles. The number of ether oxygens (including phenoxy) is 6. The van der Waals surface area contributed by atoms with E-state index >= 15 is 0 Å². The number of aromatic hydroxyl groups is 4. The Balaban J connectivity index is 0.00000561. The maximum absolute atomic E-state index is 11.1. The second-order valence-electron chi connectivity index (χ2n) is 12.6. The van der Waals surface area contributed by atoms with Gasteiger partial charge in [0.05, 0.1) is 31.5 Å². The first-order chi connectivity index (χ1) is 25.1. The summed E-state index contributed by atoms with van der Waals surface area (Å²) in [6, 6.07) is 5.20. The van der Waals surface area contributed by atoms with Crippen LogP contribution < -0.4 is 21.9 Å². The molecule has 4 heterocycles. The fraction of sp³-hybridized carbons (Fsp3) is 0.531. The van der Waals surface area contributed by atoms with Crippen LogP contribution in [0.15, 0.2) is 34.7 Å². The molecule has 0 bridgehead atoms. The van der Waals surface area contributed by atoms with Gasteiger partial charge >= 0.3 is 11.3 Å². The second kappa shape index (κ2) is 16.6. The minimum atomic E-state index is -1.93. The SMILES string of the molecule is OC[C@H]1O[C@@H](Oc2cc(O)cc3[o+]c(-c4cc(O)c(O)c(O)c4)c(O[C@@H]4O[C@H](CO)[C@@H](O)[C@H](O)[C@H]4O[C@@H]4OC[C@@H](O)[C@H](O)[C@H]4O)cc23)[C@H](O)[C@@H](O)[C@@H]1O.[Cl-]. The van der Waals surface area contributed by atoms with Crippen molar-refractivity contribution >= 4 is 11.0 Å². The molecule has 54 heavy (non-hydrogen) atoms. The van der Waals surface area contributed by atoms with Crippen LogP contribution in [0, 0.1) is 0 Å². The highest BCUT2D eigenvalue weighted by atomic mass is 35.5. The minimum absolute atomic E-state index is 0. The molecular formula is C32H39ClO21. The van der Waals surface area contributed by atoms with Crippen LogP contribution in [0.25, 0.3) is 22.3 Å². The maximum Gasteiger partial charge on any atom is 0.402 e. The Morgan fingerprint density at radius 1 is 0.630 bits per heavy atom. The summed E-state index contributed by atoms with van der Waals surface area (Å²) >= 11 is 0. The lowest BCUT2D eigenvalue weighted by Gasteiger charge is -2.44. The Bertz CT molecular complexity index is 1740. The summed E-state index contributed by atoms with van der Waals surface area (Å²) < 4.78 is 40.1. The van der Waals surface area contributed by atoms with E-state index in [0.717, 1.165) is 24.3 Å². The Kier molecular flexibility index (Phi) is 12.8. The summed E-state index contributed by atoms with van der Waals surface area (Å²) in [5, 5.41) is 144. The predicted octanol–water partition coefficient (Wildman–Crippen LogP) is -6.97. The van der Waals surface area contributed by atoms with E-state index < -0.39 is 135 Å². The molecule has 3 saturated heterocycles. The van der Waals surface area contributed by atoms with Crippen molar-refractivity contribution in [1.29, 1.82) is 0 Å². The number of halogens is 1. The summed E-state index contributed by atoms with van der Waals surface area (Å²) in [4.78, 5) is 0. The van der Waals surface area contributed by atoms with Crippen molar-refractivity contribution < 1.29 is 117 Å². The summed E-state index contributed by atoms with van der Waals surface area (Å²) in [5.41, 5.74) is -0.378. The number of aliphatic hydroxyl groups excluding tert-OH is 10. The lowest BCUT2D eigenvalue weighted by Crippen LogP contribution is -3.00. The van der Waals surface area contributed by atoms with Crippen LogP contribution in [0.3, 0.4) is 0 Å². The lowest BCUT2D eigenvalue weighted by atomic mass is 9.98. The molecule has 1 aromatic heterocycles. The first kappa shape index (κ1) is 41.5. The summed E-state index contributed by atoms with van der Waals surface area (Å²) in [5.74, 6) is -4.11. The van der Waals surface area contributed by atoms with Gasteiger partial charge in [-0.1, -0.05) is 0 Å². The molecule has 22 heteroatoms. The third-order valence-corrected chi connectivity index (χ3v) is 9.04. The highest BCUT2D eigenvalue weighted by molar-refractivity contribution is 5.89. The van der Waals surface area contributed by atoms with Gasteiger partial charge in [0.15, 0.2) is 29.6 Å². The van der Waals surface area contributed by atoms with E-state index in [0.29, 0.717) is 0 Å². The highest BCUT2D eigenvalue weighted by Crippen LogP contribution is 2.45. The topological polar surface area (TPSA) is 350 Å². The normalized spacial score (nSPS) is 35.7. The fourth-order valence-electron chi connectivity index (χ4n) is 6.06. The quantitative estimate of drug-likeness (QED) is 0.0707. The maximum atomic E-state index is 11.1. The van der Waals surface area contributed by atoms with Crippen molar-refractivity contribution in [3.8, 4) is 45.8 Å². The Labute approximate surface area is 309 Å². The molecular weight excluding hydrogens is 756 g/mol. The minimum Gasteiger partial charge on any atom is -1.00 e. The van der Waals surface area contributed by atoms with Crippen LogP contribution in [0.2, 0.25) is 0 Å². The van der Waals surface area contributed by atoms with Crippen LogP contribution in [0.4, 0.5) is 0 Å². The number of rotatable bonds is 9. The Morgan fingerprint density at radius 3 is 1.83 bits per heavy atom. The summed E-state index contributed by atoms with van der Waals surface area (Å²) in [7, 11) is 0. The van der Waals surface area contributed by atoms with Crippen molar-refractivity contribution in [1.82, 2.24) is 0 Å². The number of phenolic OH excluding ortho intramolecular Hbond substituents is 4. The average molecular weight is 795 g/mol. The Morgan fingerprint density at radius 2 is 1.20 bits per heavy atom. The zero-order valence-electron chi connectivity index (χ0n) is 27.6. The van der Waals surface area contributed by atoms with Gasteiger partial charge in [-0.05, 0) is 0 Å². The smallest absolute Gasteiger partial charge is 0.402 e. The van der Waals surface area contributed by atoms with E-state index in [-0.39, 0.29) is 40.4 Å². The van der Waals surface area contributed by atoms with Crippen LogP contribution in [0.5, 0.6) is 34.5 Å². The predicted molar refractivity (Wildman–Crippen MR) is 168 cm³/mol. The van der Waals surface area contributed by atoms with Crippen LogP contribution in [0.1, 0.15) is 0 Å². The zero-order chi connectivity index (χ0) is 38.5. The number of benzene rings is 2. The van der Waals surface area contributed by atoms with Gasteiger partial charge in [0.1, 0.15) is 77.9 Å². The first-order valence-corrected chi connectivity index (χ1v) is 16.1. The largest absolute Gasteiger partial charge is 1.00 e. The molecule has 3 aromatic rings. The first-order valence-electron chi connectivity index (χ1n) is 16.1. The fourth-order valence-corrected chi connectivity index (χ4v) is 6.06. The molecule has 0 aliphatic carbocycles. The number of hydrogen-bond acceptors (Lipinski definition) is 20. The number of fused-ring (bicyclic) bond motifs is 1. The van der Waals surface area contributed by atoms with Crippen LogP contribution in [-0.4, -0.2) is 177 Å². The molecule has 0 unspecified atom stereocenters. The Hall–Kier alpha value is -3.62. The van der Waals surface area contributed by atoms with E-state index in [1.165, 1.54) is 6.07 Å². The molecule has 3 aliphatic heterocycles. The molecule has 0 amide bonds. The molecule has 14 N–H and O–H groups in total. The van der Waals surface area contributed by atoms with Crippen LogP contribution >= 0.6 is 0 Å². The zero-order valence-corrected chi connectivity index (χ0v) is 28.3. The molecule has 3 fully saturated rings. The van der Waals surface area contributed by atoms with Gasteiger partial charge in [-0.15, -0.1) is 0 Å². The number of aliphatic hydroxyl groups is 10. The molecule has 300 valence electrons. The molecule has 0 saturated carbocycles. The molecule has 0 radical (unpaired) electrons. The monoisotopic (exact) mass is 794 g/mol. The standard InChI is InChI=1S/C32H38O21.ClH/c33-6-18-22(41)24(43)27(46)31(51-18)49-16-4-10(35)3-15-11(16)5-17(28(48-15)9-1-12(36)20(39)13(37)2-9)50-32-29(25(44)23(42)19(7-34)52-32)53-30-26(45)21(40)14(38)8-47-30;/h1-5,14,18-19,21-27,29-34,38,40-46H,6-8H2,(H3-,35,36,37,39);1H/t14-,18-,19-,21+,22-,23-,24+,25+,26-,27-,29-,30+,31-,32-;/m1./s1. The summed E-state index contributed by atoms with van der Waals surface area (Å²) in [6.07, 6.45) is -24.3. The van der Waals surface area contributed by atoms with E-state index in [2.05, 4.69) is 0 Å². The van der Waals surface area contributed by atoms with Crippen LogP contribution in [-0.2, 0) is 18.9 Å². The molecule has 14 atom stereocenters. The number of phenols is 4. The third-order valence-electron chi connectivity index (χ3n) is 9.04. The number of hydrogen-bond donors (Lipinski definition) is 14. The molecule has 0 spiro atoms. The van der Waals surface area contributed by atoms with Crippen molar-refractivity contribution in [2.75, 3.05) is 19.8 Å². The van der Waals surface area contributed by atoms with Crippen molar-refractivity contribution in [3.05, 3.63) is 30.3 Å². The van der Waals surface area contributed by atoms with Crippen molar-refractivity contribution in [3.63, 3.8) is 0 Å². The molecule has 21 nitrogen and oxygen atoms in total. The van der Waals surface area contributed by atoms with Gasteiger partial charge in [-0.3, -0.25) is 0 Å². The van der Waals surface area contributed by atoms with Gasteiger partial charge in [0.2, 0.25) is 18.3 Å². The van der Waals surface area contributed by atoms with Gasteiger partial charge in [-0.25, -0.2) is 4.42 Å². The van der Waals surface area contributed by atoms with E-state index in [1.807, 2.05) is 0 Å². The van der Waals surface area contributed by atoms with Gasteiger partial charge in [0.25, 0.3) is 0 Å². The van der Waals surface area contributed by atoms with Gasteiger partial charge in [0, 0.05) is 24.3 Å². The summed E-state index contributed by atoms with van der Waals surface area (Å²) in [6.45, 7) is -2.15. The van der Waals surface area contributed by atoms with Crippen molar-refractivity contribution in [2.24, 2.45) is 0 Å². The van der Waals surface area contributed by atoms with E-state index in [9.17, 15) is 71.5 Å². The van der Waals surface area contributed by atoms with Gasteiger partial charge < -0.3 is 112 Å². The van der Waals surface area contributed by atoms with Crippen molar-refractivity contribution in [2.45, 2.75) is 86.0 Å². The average Bonchev–Trinajstić information content (AvgIpc) is 3.13. The highest BCUT2D eigenvalue weighted by Gasteiger charge is 2.51. The van der Waals surface area contributed by atoms with E-state index in [4.69, 9.17) is 32.8 Å². The molecule has 6 rings (SSSR count). The second-order valence-corrected chi connectivity index (χ2v) is 12.6. The van der Waals surface area contributed by atoms with E-state index in [1.54, 1.807) is 0 Å². The third kappa shape index (κ3) is 7.88. The lowest BCUT2D eigenvalue weighted by molar-refractivity contribution is -0.344.